The summed E-state index contributed by atoms with van der Waals surface area (Å²) in [6.07, 6.45) is 3.31. The molecule has 1 aliphatic carbocycles. The molecule has 0 aliphatic heterocycles. The number of aryl methyl sites for hydroxylation is 1. The van der Waals surface area contributed by atoms with Gasteiger partial charge in [-0.05, 0) is 25.5 Å². The molecule has 1 saturated carbocycles. The fraction of sp³-hybridized carbons (Fsp3) is 0.692. The molecule has 1 aromatic heterocycles. The summed E-state index contributed by atoms with van der Waals surface area (Å²) in [5.74, 6) is 1.78. The maximum absolute atomic E-state index is 11.3. The lowest BCUT2D eigenvalue weighted by atomic mass is 10.2. The summed E-state index contributed by atoms with van der Waals surface area (Å²) in [4.78, 5) is 19.2. The first-order valence-electron chi connectivity index (χ1n) is 7.15. The molecule has 0 saturated heterocycles. The summed E-state index contributed by atoms with van der Waals surface area (Å²) >= 11 is 1.90. The highest BCUT2D eigenvalue weighted by molar-refractivity contribution is 7.99. The van der Waals surface area contributed by atoms with E-state index in [0.717, 1.165) is 25.0 Å². The molecule has 2 rings (SSSR count). The van der Waals surface area contributed by atoms with E-state index in [1.54, 1.807) is 14.0 Å². The van der Waals surface area contributed by atoms with E-state index >= 15 is 0 Å². The molecule has 0 aromatic carbocycles. The van der Waals surface area contributed by atoms with Crippen molar-refractivity contribution in [2.75, 3.05) is 23.4 Å². The van der Waals surface area contributed by atoms with Crippen LogP contribution in [0.2, 0.25) is 0 Å². The molecular formula is C13H21N5O2S. The highest BCUT2D eigenvalue weighted by atomic mass is 32.2. The molecule has 8 heteroatoms. The standard InChI is InChI=1S/C13H21N5O2S/c1-4-21-10-7-5-6-9(10)16-12-11(18(19)20)8(2)15-13(14-3)17-12/h9-10H,4-7H2,1-3H3,(H2,14,15,16,17). The van der Waals surface area contributed by atoms with E-state index in [1.165, 1.54) is 0 Å². The van der Waals surface area contributed by atoms with Gasteiger partial charge in [0.25, 0.3) is 0 Å². The van der Waals surface area contributed by atoms with Crippen molar-refractivity contribution in [2.45, 2.75) is 44.4 Å². The zero-order valence-electron chi connectivity index (χ0n) is 12.5. The molecule has 21 heavy (non-hydrogen) atoms. The van der Waals surface area contributed by atoms with Crippen LogP contribution in [0.1, 0.15) is 31.9 Å². The number of nitrogens with zero attached hydrogens (tertiary/aromatic N) is 3. The van der Waals surface area contributed by atoms with Gasteiger partial charge in [-0.3, -0.25) is 10.1 Å². The molecule has 7 nitrogen and oxygen atoms in total. The molecule has 0 spiro atoms. The average Bonchev–Trinajstić information content (AvgIpc) is 2.85. The van der Waals surface area contributed by atoms with Crippen molar-refractivity contribution in [3.8, 4) is 0 Å². The Morgan fingerprint density at radius 3 is 2.81 bits per heavy atom. The molecule has 0 bridgehead atoms. The van der Waals surface area contributed by atoms with Gasteiger partial charge in [0.2, 0.25) is 11.8 Å². The molecule has 1 heterocycles. The fourth-order valence-electron chi connectivity index (χ4n) is 2.68. The van der Waals surface area contributed by atoms with Gasteiger partial charge in [0.15, 0.2) is 0 Å². The van der Waals surface area contributed by atoms with Crippen molar-refractivity contribution in [3.05, 3.63) is 15.8 Å². The predicted molar refractivity (Wildman–Crippen MR) is 86.2 cm³/mol. The molecule has 1 fully saturated rings. The molecule has 2 atom stereocenters. The molecule has 1 aliphatic rings. The molecular weight excluding hydrogens is 290 g/mol. The van der Waals surface area contributed by atoms with E-state index in [1.807, 2.05) is 11.8 Å². The second-order valence-corrected chi connectivity index (χ2v) is 6.53. The Morgan fingerprint density at radius 2 is 2.19 bits per heavy atom. The minimum atomic E-state index is -0.409. The topological polar surface area (TPSA) is 93.0 Å². The molecule has 0 radical (unpaired) electrons. The van der Waals surface area contributed by atoms with E-state index in [0.29, 0.717) is 22.7 Å². The smallest absolute Gasteiger partial charge is 0.332 e. The van der Waals surface area contributed by atoms with Gasteiger partial charge < -0.3 is 10.6 Å². The lowest BCUT2D eigenvalue weighted by Gasteiger charge is -2.21. The Labute approximate surface area is 128 Å². The number of nitrogens with one attached hydrogen (secondary N) is 2. The maximum atomic E-state index is 11.3. The van der Waals surface area contributed by atoms with Gasteiger partial charge in [-0.2, -0.15) is 16.7 Å². The van der Waals surface area contributed by atoms with Crippen molar-refractivity contribution in [1.82, 2.24) is 9.97 Å². The van der Waals surface area contributed by atoms with Crippen LogP contribution in [0.3, 0.4) is 0 Å². The normalized spacial score (nSPS) is 21.3. The zero-order chi connectivity index (χ0) is 15.4. The number of aromatic nitrogens is 2. The van der Waals surface area contributed by atoms with Gasteiger partial charge in [-0.15, -0.1) is 0 Å². The third kappa shape index (κ3) is 3.55. The van der Waals surface area contributed by atoms with Crippen LogP contribution in [0, 0.1) is 17.0 Å². The third-order valence-corrected chi connectivity index (χ3v) is 4.95. The van der Waals surface area contributed by atoms with Crippen molar-refractivity contribution in [2.24, 2.45) is 0 Å². The van der Waals surface area contributed by atoms with Gasteiger partial charge in [0.1, 0.15) is 5.69 Å². The van der Waals surface area contributed by atoms with E-state index < -0.39 is 4.92 Å². The summed E-state index contributed by atoms with van der Waals surface area (Å²) in [5, 5.41) is 17.9. The molecule has 1 aromatic rings. The molecule has 2 N–H and O–H groups in total. The van der Waals surface area contributed by atoms with Crippen LogP contribution in [-0.4, -0.2) is 39.0 Å². The molecule has 0 amide bonds. The Balaban J connectivity index is 2.29. The average molecular weight is 311 g/mol. The quantitative estimate of drug-likeness (QED) is 0.616. The van der Waals surface area contributed by atoms with E-state index in [9.17, 15) is 10.1 Å². The zero-order valence-corrected chi connectivity index (χ0v) is 13.4. The first-order valence-corrected chi connectivity index (χ1v) is 8.20. The van der Waals surface area contributed by atoms with Crippen molar-refractivity contribution in [1.29, 1.82) is 0 Å². The van der Waals surface area contributed by atoms with Crippen LogP contribution in [0.25, 0.3) is 0 Å². The van der Waals surface area contributed by atoms with Crippen LogP contribution < -0.4 is 10.6 Å². The predicted octanol–water partition coefficient (Wildman–Crippen LogP) is 2.82. The van der Waals surface area contributed by atoms with Gasteiger partial charge >= 0.3 is 5.69 Å². The van der Waals surface area contributed by atoms with Gasteiger partial charge in [0.05, 0.1) is 4.92 Å². The first kappa shape index (κ1) is 15.8. The van der Waals surface area contributed by atoms with Crippen molar-refractivity contribution < 1.29 is 4.92 Å². The summed E-state index contributed by atoms with van der Waals surface area (Å²) < 4.78 is 0. The highest BCUT2D eigenvalue weighted by Crippen LogP contribution is 2.34. The van der Waals surface area contributed by atoms with Crippen LogP contribution in [0.4, 0.5) is 17.5 Å². The molecule has 116 valence electrons. The minimum absolute atomic E-state index is 0.0267. The first-order chi connectivity index (χ1) is 10.1. The third-order valence-electron chi connectivity index (χ3n) is 3.62. The minimum Gasteiger partial charge on any atom is -0.360 e. The van der Waals surface area contributed by atoms with Crippen LogP contribution in [0.15, 0.2) is 0 Å². The maximum Gasteiger partial charge on any atom is 0.332 e. The highest BCUT2D eigenvalue weighted by Gasteiger charge is 2.31. The van der Waals surface area contributed by atoms with Crippen molar-refractivity contribution in [3.63, 3.8) is 0 Å². The van der Waals surface area contributed by atoms with Crippen LogP contribution in [-0.2, 0) is 0 Å². The lowest BCUT2D eigenvalue weighted by molar-refractivity contribution is -0.385. The number of hydrogen-bond donors (Lipinski definition) is 2. The number of thioether (sulfide) groups is 1. The monoisotopic (exact) mass is 311 g/mol. The second-order valence-electron chi connectivity index (χ2n) is 5.01. The van der Waals surface area contributed by atoms with E-state index in [2.05, 4.69) is 27.5 Å². The van der Waals surface area contributed by atoms with Crippen LogP contribution in [0.5, 0.6) is 0 Å². The van der Waals surface area contributed by atoms with Gasteiger partial charge in [-0.1, -0.05) is 13.3 Å². The Morgan fingerprint density at radius 1 is 1.43 bits per heavy atom. The Kier molecular flexibility index (Phi) is 5.22. The van der Waals surface area contributed by atoms with E-state index in [4.69, 9.17) is 0 Å². The largest absolute Gasteiger partial charge is 0.360 e. The van der Waals surface area contributed by atoms with E-state index in [-0.39, 0.29) is 11.7 Å². The summed E-state index contributed by atoms with van der Waals surface area (Å²) in [5.41, 5.74) is 0.348. The summed E-state index contributed by atoms with van der Waals surface area (Å²) in [6, 6.07) is 0.229. The number of rotatable bonds is 6. The number of nitro groups is 1. The molecule has 2 unspecified atom stereocenters. The van der Waals surface area contributed by atoms with Gasteiger partial charge in [0, 0.05) is 18.3 Å². The SMILES string of the molecule is CCSC1CCCC1Nc1nc(NC)nc(C)c1[N+](=O)[O-]. The Hall–Kier alpha value is -1.57. The Bertz CT molecular complexity index is 526. The van der Waals surface area contributed by atoms with Crippen LogP contribution >= 0.6 is 11.8 Å². The summed E-state index contributed by atoms with van der Waals surface area (Å²) in [6.45, 7) is 3.77. The van der Waals surface area contributed by atoms with Gasteiger partial charge in [-0.25, -0.2) is 4.98 Å². The lowest BCUT2D eigenvalue weighted by Crippen LogP contribution is -2.27. The summed E-state index contributed by atoms with van der Waals surface area (Å²) in [7, 11) is 1.70. The number of anilines is 2. The number of hydrogen-bond acceptors (Lipinski definition) is 7. The van der Waals surface area contributed by atoms with Crippen molar-refractivity contribution >= 4 is 29.2 Å². The second kappa shape index (κ2) is 6.93. The fourth-order valence-corrected chi connectivity index (χ4v) is 3.88.